The van der Waals surface area contributed by atoms with Gasteiger partial charge in [0.1, 0.15) is 34.1 Å². The number of benzene rings is 2. The van der Waals surface area contributed by atoms with E-state index in [9.17, 15) is 19.2 Å². The number of carbonyl (C=O) groups is 4. The van der Waals surface area contributed by atoms with Gasteiger partial charge in [-0.2, -0.15) is 4.90 Å². The van der Waals surface area contributed by atoms with Crippen molar-refractivity contribution < 1.29 is 46.9 Å². The van der Waals surface area contributed by atoms with Crippen molar-refractivity contribution in [3.8, 4) is 17.0 Å². The minimum absolute atomic E-state index is 0.00237. The number of rotatable bonds is 12. The Hall–Kier alpha value is -7.13. The molecule has 1 N–H and O–H groups in total. The van der Waals surface area contributed by atoms with Crippen LogP contribution in [0, 0.1) is 18.2 Å². The van der Waals surface area contributed by atoms with Crippen LogP contribution < -0.4 is 34.6 Å². The number of likely N-dealkylation sites (tertiary alicyclic amines) is 1. The first kappa shape index (κ1) is 57.7. The van der Waals surface area contributed by atoms with Crippen LogP contribution in [0.2, 0.25) is 0 Å². The number of methoxy groups -OCH3 is 1. The molecule has 1 aliphatic carbocycles. The van der Waals surface area contributed by atoms with Gasteiger partial charge in [-0.3, -0.25) is 15.0 Å². The molecule has 5 amide bonds. The maximum atomic E-state index is 17.0. The van der Waals surface area contributed by atoms with Gasteiger partial charge < -0.3 is 43.1 Å². The van der Waals surface area contributed by atoms with Crippen molar-refractivity contribution in [2.75, 3.05) is 90.8 Å². The lowest BCUT2D eigenvalue weighted by Crippen LogP contribution is -2.55. The molecule has 5 aliphatic heterocycles. The Bertz CT molecular complexity index is 3200. The number of carbonyl (C=O) groups excluding carboxylic acids is 4. The predicted octanol–water partition coefficient (Wildman–Crippen LogP) is 11.1. The first-order chi connectivity index (χ1) is 39.6. The van der Waals surface area contributed by atoms with Crippen molar-refractivity contribution in [3.05, 3.63) is 78.4 Å². The van der Waals surface area contributed by atoms with E-state index in [0.717, 1.165) is 91.6 Å². The number of pyridine rings is 1. The number of imide groups is 2. The minimum atomic E-state index is -1.38. The molecular weight excluding hydrogens is 1060 g/mol. The smallest absolute Gasteiger partial charge is 0.425 e. The third kappa shape index (κ3) is 12.3. The summed E-state index contributed by atoms with van der Waals surface area (Å²) in [6.07, 6.45) is 11.0. The molecule has 2 bridgehead atoms. The molecule has 5 aromatic rings. The molecule has 83 heavy (non-hydrogen) atoms. The van der Waals surface area contributed by atoms with Gasteiger partial charge in [0.05, 0.1) is 29.0 Å². The molecule has 2 unspecified atom stereocenters. The number of fused-ring (bicyclic) bond motifs is 3. The van der Waals surface area contributed by atoms with Crippen LogP contribution in [0.1, 0.15) is 124 Å². The fourth-order valence-corrected chi connectivity index (χ4v) is 13.5. The first-order valence-electron chi connectivity index (χ1n) is 29.5. The number of ether oxygens (including phenoxy) is 4. The number of aromatic nitrogens is 4. The molecule has 19 nitrogen and oxygen atoms in total. The number of urea groups is 1. The highest BCUT2D eigenvalue weighted by Gasteiger charge is 2.46. The summed E-state index contributed by atoms with van der Waals surface area (Å²) in [6, 6.07) is 16.3. The van der Waals surface area contributed by atoms with Crippen LogP contribution in [0.15, 0.2) is 67.0 Å². The number of amides is 5. The summed E-state index contributed by atoms with van der Waals surface area (Å²) >= 11 is 0. The molecule has 444 valence electrons. The average molecular weight is 1140 g/mol. The lowest BCUT2D eigenvalue weighted by molar-refractivity contribution is -0.120. The fraction of sp³-hybridized carbons (Fsp3) is 0.565. The standard InChI is InChI=1S/C62H79F2N11O8/c1-40-35-73(54-47(40)31-45(34-65-54)72-26-19-53(76)66-56(72)77)41-17-20-61(21-18-41)22-27-69(28-23-61)38-62(64)24-29-70(30-25-62)50-32-42(15-16-48(50)63)74-43-13-14-44(74)37-71(36-43)51-33-49(46-11-9-10-12-52(46)81-39-80-8)67-68-55(51)75(57(78)82-59(2,3)4)58(79)83-60(5,6)7/h9-12,15-16,31-35,41,43-44H,13-14,17-30,36-39H2,1-8H3,(H,66,76,77). The summed E-state index contributed by atoms with van der Waals surface area (Å²) in [5.74, 6) is -0.131. The highest BCUT2D eigenvalue weighted by atomic mass is 19.1. The quantitative estimate of drug-likeness (QED) is 0.116. The van der Waals surface area contributed by atoms with E-state index >= 15 is 8.78 Å². The van der Waals surface area contributed by atoms with Crippen molar-refractivity contribution in [2.24, 2.45) is 5.41 Å². The summed E-state index contributed by atoms with van der Waals surface area (Å²) in [5.41, 5.74) is 2.57. The van der Waals surface area contributed by atoms with Crippen LogP contribution in [0.25, 0.3) is 22.3 Å². The topological polar surface area (TPSA) is 180 Å². The fourth-order valence-electron chi connectivity index (χ4n) is 13.5. The molecule has 6 aliphatic rings. The molecule has 11 rings (SSSR count). The number of alkyl halides is 1. The van der Waals surface area contributed by atoms with E-state index in [1.54, 1.807) is 58.7 Å². The summed E-state index contributed by atoms with van der Waals surface area (Å²) in [6.45, 7) is 16.6. The Morgan fingerprint density at radius 2 is 1.45 bits per heavy atom. The van der Waals surface area contributed by atoms with Gasteiger partial charge >= 0.3 is 18.2 Å². The molecule has 21 heteroatoms. The highest BCUT2D eigenvalue weighted by molar-refractivity contribution is 6.11. The van der Waals surface area contributed by atoms with Gasteiger partial charge in [-0.05, 0) is 166 Å². The maximum Gasteiger partial charge on any atom is 0.425 e. The average Bonchev–Trinajstić information content (AvgIpc) is 3.59. The Morgan fingerprint density at radius 3 is 2.10 bits per heavy atom. The lowest BCUT2D eigenvalue weighted by atomic mass is 9.67. The number of hydrogen-bond donors (Lipinski definition) is 1. The number of hydrogen-bond acceptors (Lipinski definition) is 15. The van der Waals surface area contributed by atoms with Crippen molar-refractivity contribution >= 4 is 63.7 Å². The van der Waals surface area contributed by atoms with Gasteiger partial charge in [0.2, 0.25) is 5.91 Å². The Kier molecular flexibility index (Phi) is 15.8. The van der Waals surface area contributed by atoms with Crippen LogP contribution in [0.5, 0.6) is 5.75 Å². The van der Waals surface area contributed by atoms with Gasteiger partial charge in [-0.15, -0.1) is 10.2 Å². The second-order valence-corrected chi connectivity index (χ2v) is 25.8. The molecule has 1 saturated carbocycles. The third-order valence-electron chi connectivity index (χ3n) is 17.7. The number of para-hydroxylation sites is 1. The second-order valence-electron chi connectivity index (χ2n) is 25.8. The van der Waals surface area contributed by atoms with Gasteiger partial charge in [-0.25, -0.2) is 28.1 Å². The zero-order valence-electron chi connectivity index (χ0n) is 49.2. The Balaban J connectivity index is 0.736. The molecular formula is C62H79F2N11O8. The number of halogens is 2. The van der Waals surface area contributed by atoms with Crippen molar-refractivity contribution in [1.29, 1.82) is 0 Å². The lowest BCUT2D eigenvalue weighted by Gasteiger charge is -2.48. The monoisotopic (exact) mass is 1140 g/mol. The van der Waals surface area contributed by atoms with E-state index in [2.05, 4.69) is 47.9 Å². The number of anilines is 5. The highest BCUT2D eigenvalue weighted by Crippen LogP contribution is 2.49. The molecule has 2 atom stereocenters. The normalized spacial score (nSPS) is 21.4. The molecule has 3 aromatic heterocycles. The molecule has 8 heterocycles. The third-order valence-corrected chi connectivity index (χ3v) is 17.7. The van der Waals surface area contributed by atoms with Crippen LogP contribution in [-0.2, 0) is 19.0 Å². The molecule has 2 aromatic carbocycles. The van der Waals surface area contributed by atoms with Gasteiger partial charge in [0.25, 0.3) is 0 Å². The predicted molar refractivity (Wildman–Crippen MR) is 314 cm³/mol. The number of nitrogens with zero attached hydrogens (tertiary/aromatic N) is 10. The summed E-state index contributed by atoms with van der Waals surface area (Å²) in [5, 5.41) is 12.6. The van der Waals surface area contributed by atoms with Gasteiger partial charge in [-0.1, -0.05) is 12.1 Å². The molecule has 6 fully saturated rings. The van der Waals surface area contributed by atoms with E-state index in [-0.39, 0.29) is 48.3 Å². The van der Waals surface area contributed by atoms with Gasteiger partial charge in [0, 0.05) is 107 Å². The van der Waals surface area contributed by atoms with Crippen molar-refractivity contribution in [3.63, 3.8) is 0 Å². The molecule has 1 spiro atoms. The van der Waals surface area contributed by atoms with E-state index in [1.165, 1.54) is 13.2 Å². The second kappa shape index (κ2) is 22.8. The number of aryl methyl sites for hydroxylation is 1. The Labute approximate surface area is 484 Å². The van der Waals surface area contributed by atoms with E-state index in [1.807, 2.05) is 47.4 Å². The van der Waals surface area contributed by atoms with Crippen molar-refractivity contribution in [2.45, 2.75) is 154 Å². The summed E-state index contributed by atoms with van der Waals surface area (Å²) in [4.78, 5) is 68.6. The summed E-state index contributed by atoms with van der Waals surface area (Å²) in [7, 11) is 1.54. The first-order valence-corrected chi connectivity index (χ1v) is 29.5. The van der Waals surface area contributed by atoms with Crippen LogP contribution in [-0.4, -0.2) is 144 Å². The number of piperidine rings is 2. The van der Waals surface area contributed by atoms with E-state index < -0.39 is 35.1 Å². The zero-order valence-corrected chi connectivity index (χ0v) is 49.2. The van der Waals surface area contributed by atoms with Crippen LogP contribution in [0.4, 0.5) is 51.7 Å². The summed E-state index contributed by atoms with van der Waals surface area (Å²) < 4.78 is 58.1. The van der Waals surface area contributed by atoms with E-state index in [0.29, 0.717) is 92.2 Å². The van der Waals surface area contributed by atoms with Crippen LogP contribution >= 0.6 is 0 Å². The largest absolute Gasteiger partial charge is 0.467 e. The van der Waals surface area contributed by atoms with E-state index in [4.69, 9.17) is 23.9 Å². The molecule has 0 radical (unpaired) electrons. The number of nitrogens with one attached hydrogen (secondary N) is 1. The maximum absolute atomic E-state index is 17.0. The number of piperazine rings is 1. The Morgan fingerprint density at radius 1 is 0.771 bits per heavy atom. The van der Waals surface area contributed by atoms with Crippen molar-refractivity contribution in [1.82, 2.24) is 30.0 Å². The SMILES string of the molecule is COCOc1ccccc1-c1cc(N2CC3CCC(C2)N3c2ccc(F)c(N3CCC(F)(CN4CCC5(CCC(n6cc(C)c7cc(N8CCC(=O)NC8=O)cnc76)CC5)CC4)CC3)c2)c(N(C(=O)OC(C)(C)C)C(=O)OC(C)(C)C)nn1. The molecule has 5 saturated heterocycles. The van der Waals surface area contributed by atoms with Crippen LogP contribution in [0.3, 0.4) is 0 Å². The zero-order chi connectivity index (χ0) is 58.6. The minimum Gasteiger partial charge on any atom is -0.467 e. The van der Waals surface area contributed by atoms with Gasteiger partial charge in [0.15, 0.2) is 12.6 Å².